The molecule has 22 heavy (non-hydrogen) atoms. The van der Waals surface area contributed by atoms with Crippen molar-refractivity contribution in [3.8, 4) is 5.75 Å². The number of nitrogens with zero attached hydrogens (tertiary/aromatic N) is 1. The zero-order valence-corrected chi connectivity index (χ0v) is 12.2. The molecule has 0 unspecified atom stereocenters. The number of thiocarbonyl (C=S) groups is 1. The summed E-state index contributed by atoms with van der Waals surface area (Å²) in [7, 11) is 0. The van der Waals surface area contributed by atoms with Crippen molar-refractivity contribution >= 4 is 34.4 Å². The molecule has 0 saturated carbocycles. The first kappa shape index (κ1) is 15.6. The number of nitro benzene ring substituents is 1. The molecule has 0 bridgehead atoms. The Labute approximate surface area is 130 Å². The molecule has 2 N–H and O–H groups in total. The maximum atomic E-state index is 13.4. The van der Waals surface area contributed by atoms with Crippen molar-refractivity contribution in [1.82, 2.24) is 0 Å². The molecule has 0 aliphatic carbocycles. The quantitative estimate of drug-likeness (QED) is 0.513. The van der Waals surface area contributed by atoms with Crippen LogP contribution in [-0.2, 0) is 0 Å². The maximum Gasteiger partial charge on any atom is 0.271 e. The lowest BCUT2D eigenvalue weighted by molar-refractivity contribution is -0.385. The van der Waals surface area contributed by atoms with Crippen molar-refractivity contribution in [3.05, 3.63) is 57.9 Å². The predicted octanol–water partition coefficient (Wildman–Crippen LogP) is 2.92. The van der Waals surface area contributed by atoms with Crippen molar-refractivity contribution in [1.29, 1.82) is 0 Å². The molecule has 0 radical (unpaired) electrons. The summed E-state index contributed by atoms with van der Waals surface area (Å²) in [5.41, 5.74) is 0.633. The third kappa shape index (κ3) is 3.67. The van der Waals surface area contributed by atoms with E-state index in [4.69, 9.17) is 12.2 Å². The summed E-state index contributed by atoms with van der Waals surface area (Å²) in [6.45, 7) is 1.63. The molecule has 2 aromatic rings. The van der Waals surface area contributed by atoms with E-state index in [1.54, 1.807) is 19.1 Å². The number of hydrogen-bond acceptors (Lipinski definition) is 4. The van der Waals surface area contributed by atoms with Gasteiger partial charge in [0.1, 0.15) is 5.82 Å². The first-order valence-corrected chi connectivity index (χ1v) is 6.57. The lowest BCUT2D eigenvalue weighted by Crippen LogP contribution is -2.20. The number of benzene rings is 2. The molecular formula is C14H11FN3O3S-. The van der Waals surface area contributed by atoms with Gasteiger partial charge in [0.2, 0.25) is 0 Å². The Morgan fingerprint density at radius 2 is 1.95 bits per heavy atom. The van der Waals surface area contributed by atoms with E-state index in [0.29, 0.717) is 11.3 Å². The van der Waals surface area contributed by atoms with Crippen LogP contribution in [0.5, 0.6) is 5.75 Å². The van der Waals surface area contributed by atoms with Crippen LogP contribution in [0, 0.1) is 22.9 Å². The minimum absolute atomic E-state index is 0.0284. The molecule has 0 aromatic heterocycles. The van der Waals surface area contributed by atoms with E-state index >= 15 is 0 Å². The van der Waals surface area contributed by atoms with E-state index in [1.807, 2.05) is 0 Å². The molecular weight excluding hydrogens is 309 g/mol. The zero-order chi connectivity index (χ0) is 16.3. The van der Waals surface area contributed by atoms with Crippen LogP contribution in [0.4, 0.5) is 21.5 Å². The second-order valence-electron chi connectivity index (χ2n) is 4.48. The van der Waals surface area contributed by atoms with Gasteiger partial charge in [-0.05, 0) is 36.8 Å². The number of halogens is 1. The van der Waals surface area contributed by atoms with Crippen LogP contribution in [0.3, 0.4) is 0 Å². The molecule has 0 aliphatic rings. The van der Waals surface area contributed by atoms with Crippen LogP contribution >= 0.6 is 12.2 Å². The molecule has 0 aliphatic heterocycles. The van der Waals surface area contributed by atoms with Gasteiger partial charge in [0, 0.05) is 23.5 Å². The predicted molar refractivity (Wildman–Crippen MR) is 83.5 cm³/mol. The van der Waals surface area contributed by atoms with Gasteiger partial charge in [-0.1, -0.05) is 17.9 Å². The molecule has 8 heteroatoms. The van der Waals surface area contributed by atoms with Gasteiger partial charge in [0.15, 0.2) is 5.11 Å². The smallest absolute Gasteiger partial charge is 0.271 e. The third-order valence-corrected chi connectivity index (χ3v) is 3.06. The summed E-state index contributed by atoms with van der Waals surface area (Å²) in [5, 5.41) is 27.6. The van der Waals surface area contributed by atoms with E-state index in [9.17, 15) is 19.6 Å². The molecule has 0 amide bonds. The van der Waals surface area contributed by atoms with Crippen molar-refractivity contribution in [3.63, 3.8) is 0 Å². The second kappa shape index (κ2) is 6.35. The number of non-ortho nitro benzene ring substituents is 1. The number of aryl methyl sites for hydroxylation is 1. The summed E-state index contributed by atoms with van der Waals surface area (Å²) in [6, 6.07) is 7.74. The van der Waals surface area contributed by atoms with Crippen molar-refractivity contribution in [2.75, 3.05) is 10.6 Å². The first-order chi connectivity index (χ1) is 10.4. The molecule has 2 rings (SSSR count). The van der Waals surface area contributed by atoms with Gasteiger partial charge in [-0.2, -0.15) is 0 Å². The maximum absolute atomic E-state index is 13.4. The van der Waals surface area contributed by atoms with Gasteiger partial charge in [-0.3, -0.25) is 10.1 Å². The second-order valence-corrected chi connectivity index (χ2v) is 4.89. The third-order valence-electron chi connectivity index (χ3n) is 2.85. The summed E-state index contributed by atoms with van der Waals surface area (Å²) in [5.74, 6) is -0.836. The highest BCUT2D eigenvalue weighted by atomic mass is 32.1. The average molecular weight is 320 g/mol. The summed E-state index contributed by atoms with van der Waals surface area (Å²) in [6.07, 6.45) is 0. The summed E-state index contributed by atoms with van der Waals surface area (Å²) in [4.78, 5) is 10.1. The normalized spacial score (nSPS) is 10.1. The molecule has 6 nitrogen and oxygen atoms in total. The Hall–Kier alpha value is -2.74. The number of hydrogen-bond donors (Lipinski definition) is 2. The fraction of sp³-hybridized carbons (Fsp3) is 0.0714. The fourth-order valence-electron chi connectivity index (χ4n) is 1.68. The molecule has 0 atom stereocenters. The molecule has 114 valence electrons. The molecule has 0 saturated heterocycles. The van der Waals surface area contributed by atoms with E-state index in [2.05, 4.69) is 10.6 Å². The number of nitro groups is 1. The van der Waals surface area contributed by atoms with Crippen molar-refractivity contribution in [2.24, 2.45) is 0 Å². The fourth-order valence-corrected chi connectivity index (χ4v) is 1.91. The van der Waals surface area contributed by atoms with Crippen LogP contribution in [-0.4, -0.2) is 10.0 Å². The van der Waals surface area contributed by atoms with Gasteiger partial charge >= 0.3 is 0 Å². The molecule has 0 heterocycles. The summed E-state index contributed by atoms with van der Waals surface area (Å²) < 4.78 is 13.4. The SMILES string of the molecule is Cc1ccc(NC(=S)Nc2cc([N+](=O)[O-])ccc2[O-])cc1F. The lowest BCUT2D eigenvalue weighted by atomic mass is 10.2. The van der Waals surface area contributed by atoms with E-state index in [0.717, 1.165) is 18.2 Å². The van der Waals surface area contributed by atoms with E-state index < -0.39 is 16.5 Å². The largest absolute Gasteiger partial charge is 0.871 e. The van der Waals surface area contributed by atoms with Gasteiger partial charge in [-0.15, -0.1) is 0 Å². The van der Waals surface area contributed by atoms with Gasteiger partial charge < -0.3 is 15.7 Å². The van der Waals surface area contributed by atoms with Crippen LogP contribution in [0.15, 0.2) is 36.4 Å². The Balaban J connectivity index is 2.13. The van der Waals surface area contributed by atoms with Crippen molar-refractivity contribution < 1.29 is 14.4 Å². The first-order valence-electron chi connectivity index (χ1n) is 6.16. The van der Waals surface area contributed by atoms with E-state index in [-0.39, 0.29) is 16.5 Å². The molecule has 0 spiro atoms. The Bertz CT molecular complexity index is 752. The number of nitrogens with one attached hydrogen (secondary N) is 2. The minimum Gasteiger partial charge on any atom is -0.871 e. The molecule has 0 fully saturated rings. The topological polar surface area (TPSA) is 90.3 Å². The highest BCUT2D eigenvalue weighted by molar-refractivity contribution is 7.80. The van der Waals surface area contributed by atoms with Crippen LogP contribution in [0.2, 0.25) is 0 Å². The van der Waals surface area contributed by atoms with Crippen molar-refractivity contribution in [2.45, 2.75) is 6.92 Å². The number of rotatable bonds is 3. The monoisotopic (exact) mass is 320 g/mol. The summed E-state index contributed by atoms with van der Waals surface area (Å²) >= 11 is 5.01. The Kier molecular flexibility index (Phi) is 4.52. The molecule has 2 aromatic carbocycles. The lowest BCUT2D eigenvalue weighted by Gasteiger charge is -2.16. The van der Waals surface area contributed by atoms with Gasteiger partial charge in [-0.25, -0.2) is 4.39 Å². The standard InChI is InChI=1S/C14H12FN3O3S/c1-8-2-3-9(6-11(8)15)16-14(22)17-12-7-10(18(20)21)4-5-13(12)19/h2-7,19H,1H3,(H2,16,17,22)/p-1. The van der Waals surface area contributed by atoms with Crippen LogP contribution in [0.1, 0.15) is 5.56 Å². The highest BCUT2D eigenvalue weighted by Crippen LogP contribution is 2.26. The van der Waals surface area contributed by atoms with E-state index in [1.165, 1.54) is 6.07 Å². The van der Waals surface area contributed by atoms with Crippen LogP contribution < -0.4 is 15.7 Å². The zero-order valence-electron chi connectivity index (χ0n) is 11.4. The van der Waals surface area contributed by atoms with Gasteiger partial charge in [0.25, 0.3) is 5.69 Å². The minimum atomic E-state index is -0.615. The highest BCUT2D eigenvalue weighted by Gasteiger charge is 2.08. The Morgan fingerprint density at radius 1 is 1.23 bits per heavy atom. The average Bonchev–Trinajstić information content (AvgIpc) is 2.45. The number of anilines is 2. The van der Waals surface area contributed by atoms with Crippen LogP contribution in [0.25, 0.3) is 0 Å². The Morgan fingerprint density at radius 3 is 2.59 bits per heavy atom. The van der Waals surface area contributed by atoms with Gasteiger partial charge in [0.05, 0.1) is 4.92 Å².